The molecule has 0 saturated carbocycles. The van der Waals surface area contributed by atoms with Gasteiger partial charge < -0.3 is 15.7 Å². The molecule has 0 radical (unpaired) electrons. The molecule has 21 heavy (non-hydrogen) atoms. The molecule has 0 aliphatic heterocycles. The zero-order valence-corrected chi connectivity index (χ0v) is 11.6. The molecule has 0 aliphatic carbocycles. The van der Waals surface area contributed by atoms with Crippen LogP contribution in [0.1, 0.15) is 5.56 Å². The normalized spacial score (nSPS) is 10.6. The number of carbonyl (C=O) groups excluding carboxylic acids is 1. The Morgan fingerprint density at radius 2 is 2.05 bits per heavy atom. The fraction of sp³-hybridized carbons (Fsp3) is 0. The first-order valence-corrected chi connectivity index (χ1v) is 6.40. The van der Waals surface area contributed by atoms with Gasteiger partial charge in [0.05, 0.1) is 5.69 Å². The predicted octanol–water partition coefficient (Wildman–Crippen LogP) is 3.98. The van der Waals surface area contributed by atoms with Gasteiger partial charge in [-0.3, -0.25) is 0 Å². The molecule has 0 aromatic heterocycles. The van der Waals surface area contributed by atoms with Crippen LogP contribution in [-0.2, 0) is 0 Å². The van der Waals surface area contributed by atoms with Crippen molar-refractivity contribution in [3.63, 3.8) is 0 Å². The molecule has 0 bridgehead atoms. The monoisotopic (exact) mass is 306 g/mol. The Bertz CT molecular complexity index is 689. The van der Waals surface area contributed by atoms with Crippen molar-refractivity contribution in [2.24, 2.45) is 0 Å². The van der Waals surface area contributed by atoms with E-state index in [0.717, 1.165) is 0 Å². The van der Waals surface area contributed by atoms with E-state index < -0.39 is 6.03 Å². The summed E-state index contributed by atoms with van der Waals surface area (Å²) in [5.41, 5.74) is 0.806. The quantitative estimate of drug-likeness (QED) is 0.751. The van der Waals surface area contributed by atoms with E-state index >= 15 is 0 Å². The van der Waals surface area contributed by atoms with Crippen molar-refractivity contribution in [1.82, 2.24) is 5.32 Å². The van der Waals surface area contributed by atoms with Gasteiger partial charge in [0.25, 0.3) is 0 Å². The summed E-state index contributed by atoms with van der Waals surface area (Å²) in [7, 11) is 0. The number of phenols is 1. The number of phenolic OH excluding ortho intramolecular Hbond substituents is 1. The van der Waals surface area contributed by atoms with Crippen LogP contribution in [0.4, 0.5) is 14.9 Å². The molecule has 2 rings (SSSR count). The van der Waals surface area contributed by atoms with E-state index in [1.807, 2.05) is 0 Å². The van der Waals surface area contributed by atoms with Crippen LogP contribution in [0.3, 0.4) is 0 Å². The molecule has 3 N–H and O–H groups in total. The van der Waals surface area contributed by atoms with Crippen LogP contribution in [0.25, 0.3) is 6.08 Å². The third-order valence-electron chi connectivity index (χ3n) is 2.55. The van der Waals surface area contributed by atoms with E-state index in [1.165, 1.54) is 36.5 Å². The minimum Gasteiger partial charge on any atom is -0.506 e. The molecule has 0 atom stereocenters. The van der Waals surface area contributed by atoms with E-state index in [0.29, 0.717) is 10.6 Å². The minimum atomic E-state index is -0.555. The van der Waals surface area contributed by atoms with Crippen LogP contribution < -0.4 is 10.6 Å². The lowest BCUT2D eigenvalue weighted by Gasteiger charge is -2.07. The van der Waals surface area contributed by atoms with Crippen molar-refractivity contribution in [2.45, 2.75) is 0 Å². The first-order valence-electron chi connectivity index (χ1n) is 6.03. The van der Waals surface area contributed by atoms with Crippen LogP contribution in [0, 0.1) is 5.82 Å². The topological polar surface area (TPSA) is 61.4 Å². The van der Waals surface area contributed by atoms with Gasteiger partial charge in [-0.15, -0.1) is 0 Å². The summed E-state index contributed by atoms with van der Waals surface area (Å²) in [6, 6.07) is 9.68. The molecular weight excluding hydrogens is 295 g/mol. The van der Waals surface area contributed by atoms with Gasteiger partial charge in [-0.1, -0.05) is 23.7 Å². The van der Waals surface area contributed by atoms with Crippen molar-refractivity contribution in [3.8, 4) is 5.75 Å². The van der Waals surface area contributed by atoms with Gasteiger partial charge in [0.1, 0.15) is 11.6 Å². The van der Waals surface area contributed by atoms with Crippen LogP contribution in [0.2, 0.25) is 5.02 Å². The molecule has 0 heterocycles. The zero-order valence-electron chi connectivity index (χ0n) is 10.8. The predicted molar refractivity (Wildman–Crippen MR) is 80.7 cm³/mol. The third kappa shape index (κ3) is 4.50. The lowest BCUT2D eigenvalue weighted by Crippen LogP contribution is -2.23. The molecule has 2 amide bonds. The standard InChI is InChI=1S/C15H12ClFN2O2/c16-11-4-5-14(20)13(9-11)19-15(21)18-7-6-10-2-1-3-12(17)8-10/h1-9,20H,(H2,18,19,21)/b7-6+. The molecule has 6 heteroatoms. The van der Waals surface area contributed by atoms with Crippen molar-refractivity contribution in [1.29, 1.82) is 0 Å². The van der Waals surface area contributed by atoms with Gasteiger partial charge in [-0.2, -0.15) is 0 Å². The molecule has 0 fully saturated rings. The summed E-state index contributed by atoms with van der Waals surface area (Å²) >= 11 is 5.77. The summed E-state index contributed by atoms with van der Waals surface area (Å²) in [4.78, 5) is 11.6. The maximum atomic E-state index is 12.9. The minimum absolute atomic E-state index is 0.0938. The van der Waals surface area contributed by atoms with Gasteiger partial charge in [0.15, 0.2) is 0 Å². The molecule has 4 nitrogen and oxygen atoms in total. The van der Waals surface area contributed by atoms with E-state index in [1.54, 1.807) is 18.2 Å². The summed E-state index contributed by atoms with van der Waals surface area (Å²) in [6.07, 6.45) is 2.91. The number of urea groups is 1. The smallest absolute Gasteiger partial charge is 0.323 e. The first-order chi connectivity index (χ1) is 10.0. The maximum Gasteiger partial charge on any atom is 0.323 e. The highest BCUT2D eigenvalue weighted by Gasteiger charge is 2.05. The molecule has 2 aromatic carbocycles. The number of hydrogen-bond acceptors (Lipinski definition) is 2. The van der Waals surface area contributed by atoms with Crippen LogP contribution in [0.15, 0.2) is 48.7 Å². The number of halogens is 2. The number of amides is 2. The highest BCUT2D eigenvalue weighted by molar-refractivity contribution is 6.31. The number of benzene rings is 2. The first kappa shape index (κ1) is 14.9. The number of anilines is 1. The fourth-order valence-corrected chi connectivity index (χ4v) is 1.76. The van der Waals surface area contributed by atoms with Gasteiger partial charge >= 0.3 is 6.03 Å². The SMILES string of the molecule is O=C(N/C=C/c1cccc(F)c1)Nc1cc(Cl)ccc1O. The summed E-state index contributed by atoms with van der Waals surface area (Å²) in [6.45, 7) is 0. The Kier molecular flexibility index (Phi) is 4.79. The molecule has 0 spiro atoms. The zero-order chi connectivity index (χ0) is 15.2. The second-order valence-electron chi connectivity index (χ2n) is 4.15. The van der Waals surface area contributed by atoms with Crippen molar-refractivity contribution in [3.05, 3.63) is 65.1 Å². The lowest BCUT2D eigenvalue weighted by atomic mass is 10.2. The Morgan fingerprint density at radius 3 is 2.81 bits per heavy atom. The largest absolute Gasteiger partial charge is 0.506 e. The van der Waals surface area contributed by atoms with Crippen LogP contribution >= 0.6 is 11.6 Å². The van der Waals surface area contributed by atoms with E-state index in [2.05, 4.69) is 10.6 Å². The molecular formula is C15H12ClFN2O2. The number of rotatable bonds is 3. The molecule has 0 saturated heterocycles. The average molecular weight is 307 g/mol. The number of nitrogens with one attached hydrogen (secondary N) is 2. The highest BCUT2D eigenvalue weighted by atomic mass is 35.5. The van der Waals surface area contributed by atoms with Crippen LogP contribution in [0.5, 0.6) is 5.75 Å². The van der Waals surface area contributed by atoms with Crippen LogP contribution in [-0.4, -0.2) is 11.1 Å². The summed E-state index contributed by atoms with van der Waals surface area (Å²) in [5, 5.41) is 14.8. The van der Waals surface area contributed by atoms with Gasteiger partial charge in [-0.25, -0.2) is 9.18 Å². The van der Waals surface area contributed by atoms with Crippen molar-refractivity contribution < 1.29 is 14.3 Å². The Balaban J connectivity index is 1.94. The van der Waals surface area contributed by atoms with E-state index in [9.17, 15) is 14.3 Å². The Morgan fingerprint density at radius 1 is 1.24 bits per heavy atom. The fourth-order valence-electron chi connectivity index (χ4n) is 1.59. The molecule has 108 valence electrons. The Hall–Kier alpha value is -2.53. The maximum absolute atomic E-state index is 12.9. The number of carbonyl (C=O) groups is 1. The third-order valence-corrected chi connectivity index (χ3v) is 2.78. The molecule has 0 unspecified atom stereocenters. The highest BCUT2D eigenvalue weighted by Crippen LogP contribution is 2.26. The van der Waals surface area contributed by atoms with E-state index in [4.69, 9.17) is 11.6 Å². The van der Waals surface area contributed by atoms with Crippen molar-refractivity contribution in [2.75, 3.05) is 5.32 Å². The summed E-state index contributed by atoms with van der Waals surface area (Å²) < 4.78 is 12.9. The van der Waals surface area contributed by atoms with Gasteiger partial charge in [0.2, 0.25) is 0 Å². The lowest BCUT2D eigenvalue weighted by molar-refractivity contribution is 0.255. The Labute approximate surface area is 125 Å². The average Bonchev–Trinajstić information content (AvgIpc) is 2.43. The van der Waals surface area contributed by atoms with E-state index in [-0.39, 0.29) is 17.3 Å². The van der Waals surface area contributed by atoms with Gasteiger partial charge in [-0.05, 0) is 42.0 Å². The number of hydrogen-bond donors (Lipinski definition) is 3. The summed E-state index contributed by atoms with van der Waals surface area (Å²) in [5.74, 6) is -0.450. The number of aromatic hydroxyl groups is 1. The van der Waals surface area contributed by atoms with Crippen molar-refractivity contribution >= 4 is 29.4 Å². The second-order valence-corrected chi connectivity index (χ2v) is 4.58. The van der Waals surface area contributed by atoms with Gasteiger partial charge in [0, 0.05) is 11.2 Å². The molecule has 0 aliphatic rings. The second kappa shape index (κ2) is 6.76. The molecule has 2 aromatic rings.